The average Bonchev–Trinajstić information content (AvgIpc) is 3.86. The second-order valence-electron chi connectivity index (χ2n) is 12.5. The number of benzene rings is 1. The van der Waals surface area contributed by atoms with Crippen LogP contribution in [0.15, 0.2) is 24.3 Å². The summed E-state index contributed by atoms with van der Waals surface area (Å²) in [5.41, 5.74) is 1.47. The molecule has 37 heavy (non-hydrogen) atoms. The van der Waals surface area contributed by atoms with Crippen molar-refractivity contribution in [3.63, 3.8) is 0 Å². The molecule has 3 aliphatic carbocycles. The van der Waals surface area contributed by atoms with Gasteiger partial charge in [-0.1, -0.05) is 25.0 Å². The maximum atomic E-state index is 6.24. The van der Waals surface area contributed by atoms with E-state index in [1.54, 1.807) is 0 Å². The van der Waals surface area contributed by atoms with E-state index in [2.05, 4.69) is 24.3 Å². The smallest absolute Gasteiger partial charge is 0.119 e. The lowest BCUT2D eigenvalue weighted by Crippen LogP contribution is -2.21. The molecule has 0 spiro atoms. The van der Waals surface area contributed by atoms with Gasteiger partial charge in [0, 0.05) is 19.8 Å². The first-order chi connectivity index (χ1) is 18.3. The quantitative estimate of drug-likeness (QED) is 0.202. The Kier molecular flexibility index (Phi) is 9.04. The van der Waals surface area contributed by atoms with E-state index in [1.807, 2.05) is 0 Å². The van der Waals surface area contributed by atoms with Crippen molar-refractivity contribution in [3.8, 4) is 5.75 Å². The number of unbranched alkanes of at least 4 members (excludes halogenated alkanes) is 3. The fraction of sp³-hybridized carbons (Fsp3) is 0.812. The molecule has 5 nitrogen and oxygen atoms in total. The summed E-state index contributed by atoms with van der Waals surface area (Å²) >= 11 is 0. The van der Waals surface area contributed by atoms with E-state index in [9.17, 15) is 0 Å². The lowest BCUT2D eigenvalue weighted by atomic mass is 9.83. The lowest BCUT2D eigenvalue weighted by molar-refractivity contribution is 0.0222. The van der Waals surface area contributed by atoms with E-state index >= 15 is 0 Å². The zero-order valence-corrected chi connectivity index (χ0v) is 22.7. The Bertz CT molecular complexity index is 819. The van der Waals surface area contributed by atoms with Gasteiger partial charge in [-0.25, -0.2) is 0 Å². The van der Waals surface area contributed by atoms with Crippen LogP contribution in [0.2, 0.25) is 0 Å². The van der Waals surface area contributed by atoms with E-state index < -0.39 is 0 Å². The van der Waals surface area contributed by atoms with Crippen LogP contribution in [0.4, 0.5) is 0 Å². The summed E-state index contributed by atoms with van der Waals surface area (Å²) in [5, 5.41) is 0. The minimum absolute atomic E-state index is 0.457. The highest BCUT2D eigenvalue weighted by molar-refractivity contribution is 5.29. The molecule has 2 saturated heterocycles. The molecule has 0 N–H and O–H groups in total. The first-order valence-corrected chi connectivity index (χ1v) is 15.5. The highest BCUT2D eigenvalue weighted by atomic mass is 16.6. The highest BCUT2D eigenvalue weighted by Gasteiger charge is 2.44. The molecule has 6 rings (SSSR count). The molecule has 0 amide bonds. The molecule has 1 aromatic carbocycles. The van der Waals surface area contributed by atoms with Crippen LogP contribution in [0, 0.1) is 11.8 Å². The van der Waals surface area contributed by atoms with Gasteiger partial charge in [0.1, 0.15) is 5.75 Å². The first-order valence-electron chi connectivity index (χ1n) is 15.5. The van der Waals surface area contributed by atoms with E-state index in [0.29, 0.717) is 42.4 Å². The van der Waals surface area contributed by atoms with Crippen LogP contribution in [-0.4, -0.2) is 56.9 Å². The molecule has 3 saturated carbocycles. The summed E-state index contributed by atoms with van der Waals surface area (Å²) in [6.45, 7) is 3.61. The third kappa shape index (κ3) is 7.71. The van der Waals surface area contributed by atoms with E-state index in [-0.39, 0.29) is 0 Å². The molecule has 1 aromatic rings. The molecule has 0 bridgehead atoms. The van der Waals surface area contributed by atoms with Crippen molar-refractivity contribution in [3.05, 3.63) is 29.8 Å². The van der Waals surface area contributed by atoms with E-state index in [4.69, 9.17) is 23.7 Å². The molecule has 6 atom stereocenters. The van der Waals surface area contributed by atoms with Gasteiger partial charge in [0.2, 0.25) is 0 Å². The third-order valence-corrected chi connectivity index (χ3v) is 9.63. The van der Waals surface area contributed by atoms with Crippen molar-refractivity contribution in [2.75, 3.05) is 26.4 Å². The molecule has 6 unspecified atom stereocenters. The van der Waals surface area contributed by atoms with Crippen molar-refractivity contribution in [2.45, 2.75) is 126 Å². The summed E-state index contributed by atoms with van der Waals surface area (Å²) in [4.78, 5) is 0. The van der Waals surface area contributed by atoms with Crippen LogP contribution in [0.5, 0.6) is 5.75 Å². The summed E-state index contributed by atoms with van der Waals surface area (Å²) in [6.07, 6.45) is 19.9. The zero-order chi connectivity index (χ0) is 24.9. The Morgan fingerprint density at radius 3 is 1.95 bits per heavy atom. The third-order valence-electron chi connectivity index (χ3n) is 9.63. The molecule has 2 heterocycles. The minimum atomic E-state index is 0.457. The largest absolute Gasteiger partial charge is 0.493 e. The Hall–Kier alpha value is -1.14. The SMILES string of the molecule is c1cc(C2CCC(OCCCCCCOCC3CCC4OC4C3)CC2)ccc1OCC1CCC2OC2C1. The van der Waals surface area contributed by atoms with E-state index in [0.717, 1.165) is 38.1 Å². The Balaban J connectivity index is 0.770. The fourth-order valence-electron chi connectivity index (χ4n) is 7.05. The van der Waals surface area contributed by atoms with Crippen LogP contribution in [-0.2, 0) is 18.9 Å². The standard InChI is InChI=1S/C32H48O5/c1(3-17-33-21-23-5-15-29-31(19-23)36-29)2-4-18-34-27-11-7-25(8-12-27)26-9-13-28(14-10-26)35-22-24-6-16-30-32(20-24)37-30/h9-10,13-14,23-25,27,29-32H,1-8,11-12,15-22H2. The normalized spacial score (nSPS) is 36.4. The monoisotopic (exact) mass is 512 g/mol. The Labute approximate surface area is 223 Å². The van der Waals surface area contributed by atoms with Crippen molar-refractivity contribution in [2.24, 2.45) is 11.8 Å². The molecular formula is C32H48O5. The molecular weight excluding hydrogens is 464 g/mol. The fourth-order valence-corrected chi connectivity index (χ4v) is 7.05. The number of ether oxygens (including phenoxy) is 5. The van der Waals surface area contributed by atoms with Gasteiger partial charge in [0.25, 0.3) is 0 Å². The molecule has 5 aliphatic rings. The summed E-state index contributed by atoms with van der Waals surface area (Å²) in [7, 11) is 0. The van der Waals surface area contributed by atoms with Crippen LogP contribution >= 0.6 is 0 Å². The van der Waals surface area contributed by atoms with Gasteiger partial charge in [-0.3, -0.25) is 0 Å². The average molecular weight is 513 g/mol. The van der Waals surface area contributed by atoms with Gasteiger partial charge in [0.15, 0.2) is 0 Å². The number of hydrogen-bond donors (Lipinski definition) is 0. The van der Waals surface area contributed by atoms with Crippen LogP contribution in [0.25, 0.3) is 0 Å². The Morgan fingerprint density at radius 2 is 1.27 bits per heavy atom. The summed E-state index contributed by atoms with van der Waals surface area (Å²) in [5.74, 6) is 3.08. The maximum Gasteiger partial charge on any atom is 0.119 e. The van der Waals surface area contributed by atoms with Gasteiger partial charge < -0.3 is 23.7 Å². The Morgan fingerprint density at radius 1 is 0.622 bits per heavy atom. The molecule has 2 aliphatic heterocycles. The minimum Gasteiger partial charge on any atom is -0.493 e. The van der Waals surface area contributed by atoms with Crippen LogP contribution < -0.4 is 4.74 Å². The number of fused-ring (bicyclic) bond motifs is 2. The molecule has 5 heteroatoms. The lowest BCUT2D eigenvalue weighted by Gasteiger charge is -2.29. The molecule has 0 aromatic heterocycles. The van der Waals surface area contributed by atoms with Gasteiger partial charge in [-0.05, 0) is 112 Å². The predicted molar refractivity (Wildman–Crippen MR) is 144 cm³/mol. The second-order valence-corrected chi connectivity index (χ2v) is 12.5. The summed E-state index contributed by atoms with van der Waals surface area (Å²) in [6, 6.07) is 8.93. The maximum absolute atomic E-state index is 6.24. The van der Waals surface area contributed by atoms with Gasteiger partial charge >= 0.3 is 0 Å². The number of rotatable bonds is 14. The number of epoxide rings is 2. The van der Waals surface area contributed by atoms with Crippen molar-refractivity contribution < 1.29 is 23.7 Å². The summed E-state index contributed by atoms with van der Waals surface area (Å²) < 4.78 is 29.5. The first kappa shape index (κ1) is 26.1. The van der Waals surface area contributed by atoms with Crippen LogP contribution in [0.1, 0.15) is 101 Å². The van der Waals surface area contributed by atoms with Crippen molar-refractivity contribution >= 4 is 0 Å². The zero-order valence-electron chi connectivity index (χ0n) is 22.7. The van der Waals surface area contributed by atoms with Gasteiger partial charge in [0.05, 0.1) is 37.1 Å². The molecule has 0 radical (unpaired) electrons. The van der Waals surface area contributed by atoms with Gasteiger partial charge in [-0.15, -0.1) is 0 Å². The molecule has 206 valence electrons. The van der Waals surface area contributed by atoms with E-state index in [1.165, 1.54) is 95.5 Å². The van der Waals surface area contributed by atoms with Crippen LogP contribution in [0.3, 0.4) is 0 Å². The van der Waals surface area contributed by atoms with Gasteiger partial charge in [-0.2, -0.15) is 0 Å². The van der Waals surface area contributed by atoms with Crippen molar-refractivity contribution in [1.82, 2.24) is 0 Å². The van der Waals surface area contributed by atoms with Crippen molar-refractivity contribution in [1.29, 1.82) is 0 Å². The second kappa shape index (κ2) is 12.8. The highest BCUT2D eigenvalue weighted by Crippen LogP contribution is 2.40. The predicted octanol–water partition coefficient (Wildman–Crippen LogP) is 6.82. The molecule has 5 fully saturated rings. The topological polar surface area (TPSA) is 52.8 Å². The number of hydrogen-bond acceptors (Lipinski definition) is 5.